The van der Waals surface area contributed by atoms with Crippen molar-refractivity contribution in [3.8, 4) is 28.6 Å². The molecule has 11 heteroatoms. The molecule has 3 N–H and O–H groups in total. The van der Waals surface area contributed by atoms with Crippen molar-refractivity contribution < 1.29 is 15.0 Å². The first kappa shape index (κ1) is 30.9. The maximum atomic E-state index is 13.5. The molecule has 5 rings (SSSR count). The summed E-state index contributed by atoms with van der Waals surface area (Å²) in [4.78, 5) is 23.1. The Kier molecular flexibility index (Phi) is 9.97. The average Bonchev–Trinajstić information content (AvgIpc) is 3.44. The van der Waals surface area contributed by atoms with Gasteiger partial charge in [-0.25, -0.2) is 0 Å². The van der Waals surface area contributed by atoms with Crippen LogP contribution in [0.5, 0.6) is 11.5 Å². The molecule has 0 bridgehead atoms. The zero-order valence-electron chi connectivity index (χ0n) is 26.0. The summed E-state index contributed by atoms with van der Waals surface area (Å²) in [6.45, 7) is 17.6. The average molecular weight is 591 g/mol. The fourth-order valence-corrected chi connectivity index (χ4v) is 5.84. The molecule has 1 amide bonds. The second kappa shape index (κ2) is 13.9. The fourth-order valence-electron chi connectivity index (χ4n) is 5.84. The van der Waals surface area contributed by atoms with E-state index in [1.54, 1.807) is 10.6 Å². The number of benzene rings is 2. The van der Waals surface area contributed by atoms with Crippen LogP contribution in [0.15, 0.2) is 36.4 Å². The monoisotopic (exact) mass is 590 g/mol. The second-order valence-electron chi connectivity index (χ2n) is 12.0. The summed E-state index contributed by atoms with van der Waals surface area (Å²) in [5, 5.41) is 33.1. The summed E-state index contributed by atoms with van der Waals surface area (Å²) >= 11 is 0. The number of likely N-dealkylation sites (N-methyl/N-ethyl adjacent to an activating group) is 2. The first-order valence-corrected chi connectivity index (χ1v) is 15.5. The molecule has 2 aliphatic heterocycles. The van der Waals surface area contributed by atoms with Gasteiger partial charge in [0, 0.05) is 83.7 Å². The number of phenols is 2. The summed E-state index contributed by atoms with van der Waals surface area (Å²) in [6.07, 6.45) is 0. The molecule has 2 saturated heterocycles. The van der Waals surface area contributed by atoms with Gasteiger partial charge in [0.05, 0.1) is 5.56 Å². The molecule has 11 nitrogen and oxygen atoms in total. The number of phenolic OH excluding ortho intramolecular Hbond substituents is 2. The summed E-state index contributed by atoms with van der Waals surface area (Å²) in [5.41, 5.74) is 3.00. The number of hydrogen-bond acceptors (Lipinski definition) is 9. The van der Waals surface area contributed by atoms with E-state index in [-0.39, 0.29) is 29.1 Å². The maximum absolute atomic E-state index is 13.5. The third kappa shape index (κ3) is 7.35. The largest absolute Gasteiger partial charge is 0.508 e. The smallest absolute Gasteiger partial charge is 0.289 e. The van der Waals surface area contributed by atoms with E-state index in [9.17, 15) is 15.0 Å². The van der Waals surface area contributed by atoms with Gasteiger partial charge in [0.15, 0.2) is 5.82 Å². The number of aromatic nitrogens is 3. The molecule has 3 aromatic rings. The molecule has 0 radical (unpaired) electrons. The van der Waals surface area contributed by atoms with Crippen LogP contribution in [0.3, 0.4) is 0 Å². The summed E-state index contributed by atoms with van der Waals surface area (Å²) < 4.78 is 1.70. The van der Waals surface area contributed by atoms with Crippen molar-refractivity contribution in [2.24, 2.45) is 0 Å². The molecule has 1 aromatic heterocycles. The van der Waals surface area contributed by atoms with Crippen molar-refractivity contribution >= 4 is 5.91 Å². The first-order valence-electron chi connectivity index (χ1n) is 15.5. The minimum absolute atomic E-state index is 0.0199. The fraction of sp³-hybridized carbons (Fsp3) is 0.531. The molecule has 2 aliphatic rings. The Bertz CT molecular complexity index is 1370. The van der Waals surface area contributed by atoms with Crippen molar-refractivity contribution in [3.63, 3.8) is 0 Å². The van der Waals surface area contributed by atoms with Crippen molar-refractivity contribution in [1.29, 1.82) is 0 Å². The highest BCUT2D eigenvalue weighted by Gasteiger charge is 2.25. The lowest BCUT2D eigenvalue weighted by Crippen LogP contribution is -2.48. The number of carbonyl (C=O) groups excluding carboxylic acids is 1. The van der Waals surface area contributed by atoms with Gasteiger partial charge in [-0.2, -0.15) is 0 Å². The van der Waals surface area contributed by atoms with Gasteiger partial charge in [-0.05, 0) is 48.8 Å². The Labute approximate surface area is 254 Å². The molecule has 232 valence electrons. The number of nitrogens with zero attached hydrogens (tertiary/aromatic N) is 7. The number of amides is 1. The number of nitrogens with one attached hydrogen (secondary N) is 1. The third-order valence-electron chi connectivity index (χ3n) is 8.70. The Morgan fingerprint density at radius 2 is 1.53 bits per heavy atom. The van der Waals surface area contributed by atoms with Gasteiger partial charge >= 0.3 is 0 Å². The van der Waals surface area contributed by atoms with E-state index in [2.05, 4.69) is 61.2 Å². The van der Waals surface area contributed by atoms with E-state index in [1.807, 2.05) is 26.0 Å². The molecule has 0 atom stereocenters. The highest BCUT2D eigenvalue weighted by molar-refractivity contribution is 5.92. The quantitative estimate of drug-likeness (QED) is 0.328. The summed E-state index contributed by atoms with van der Waals surface area (Å²) in [6, 6.07) is 11.2. The zero-order chi connectivity index (χ0) is 30.5. The summed E-state index contributed by atoms with van der Waals surface area (Å²) in [7, 11) is 2.15. The Balaban J connectivity index is 1.40. The number of rotatable bonds is 10. The van der Waals surface area contributed by atoms with Gasteiger partial charge in [0.1, 0.15) is 11.5 Å². The van der Waals surface area contributed by atoms with Crippen LogP contribution in [0.2, 0.25) is 0 Å². The minimum atomic E-state index is -0.324. The minimum Gasteiger partial charge on any atom is -0.508 e. The highest BCUT2D eigenvalue weighted by atomic mass is 16.3. The van der Waals surface area contributed by atoms with Crippen LogP contribution in [0, 0.1) is 0 Å². The molecular formula is C32H46N8O3. The van der Waals surface area contributed by atoms with Crippen LogP contribution in [0.4, 0.5) is 0 Å². The van der Waals surface area contributed by atoms with Gasteiger partial charge in [0.2, 0.25) is 5.82 Å². The van der Waals surface area contributed by atoms with Gasteiger partial charge in [-0.1, -0.05) is 32.9 Å². The SMILES string of the molecule is CCN1CCN(CCNC(=O)c2nnc(-c3cc(C(C)C)c(O)cc3O)n2-c2ccc(CN3CCN(C)CC3)cc2)CC1. The molecule has 3 heterocycles. The molecular weight excluding hydrogens is 544 g/mol. The van der Waals surface area contributed by atoms with Crippen LogP contribution in [0.25, 0.3) is 17.1 Å². The van der Waals surface area contributed by atoms with Crippen molar-refractivity contribution in [1.82, 2.24) is 39.7 Å². The number of hydrogen-bond donors (Lipinski definition) is 3. The van der Waals surface area contributed by atoms with Gasteiger partial charge in [-0.3, -0.25) is 19.2 Å². The molecule has 0 spiro atoms. The predicted molar refractivity (Wildman–Crippen MR) is 168 cm³/mol. The lowest BCUT2D eigenvalue weighted by atomic mass is 9.98. The second-order valence-corrected chi connectivity index (χ2v) is 12.0. The lowest BCUT2D eigenvalue weighted by Gasteiger charge is -2.33. The third-order valence-corrected chi connectivity index (χ3v) is 8.70. The molecule has 0 unspecified atom stereocenters. The zero-order valence-corrected chi connectivity index (χ0v) is 26.0. The van der Waals surface area contributed by atoms with E-state index in [0.29, 0.717) is 23.5 Å². The normalized spacial score (nSPS) is 17.5. The van der Waals surface area contributed by atoms with Crippen LogP contribution < -0.4 is 5.32 Å². The summed E-state index contributed by atoms with van der Waals surface area (Å²) in [5.74, 6) is 0.0818. The van der Waals surface area contributed by atoms with Crippen LogP contribution in [0.1, 0.15) is 48.4 Å². The Hall–Kier alpha value is -3.51. The first-order chi connectivity index (χ1) is 20.7. The van der Waals surface area contributed by atoms with E-state index >= 15 is 0 Å². The van der Waals surface area contributed by atoms with E-state index in [4.69, 9.17) is 0 Å². The molecule has 2 fully saturated rings. The molecule has 2 aromatic carbocycles. The lowest BCUT2D eigenvalue weighted by molar-refractivity contribution is 0.0925. The highest BCUT2D eigenvalue weighted by Crippen LogP contribution is 2.38. The molecule has 0 aliphatic carbocycles. The number of aromatic hydroxyl groups is 2. The van der Waals surface area contributed by atoms with E-state index in [0.717, 1.165) is 77.7 Å². The number of piperazine rings is 2. The van der Waals surface area contributed by atoms with Crippen molar-refractivity contribution in [2.45, 2.75) is 33.2 Å². The Morgan fingerprint density at radius 1 is 0.884 bits per heavy atom. The Morgan fingerprint density at radius 3 is 2.19 bits per heavy atom. The molecule has 43 heavy (non-hydrogen) atoms. The van der Waals surface area contributed by atoms with Crippen LogP contribution in [-0.2, 0) is 6.54 Å². The van der Waals surface area contributed by atoms with E-state index < -0.39 is 0 Å². The standard InChI is InChI=1S/C32H46N8O3/c1-5-37-16-18-38(19-17-37)11-10-33-32(43)31-35-34-30(27-20-26(23(2)3)28(41)21-29(27)42)40(31)25-8-6-24(7-9-25)22-39-14-12-36(4)13-15-39/h6-9,20-21,23,41-42H,5,10-19,22H2,1-4H3,(H,33,43). The number of carbonyl (C=O) groups is 1. The van der Waals surface area contributed by atoms with Crippen molar-refractivity contribution in [2.75, 3.05) is 79.0 Å². The van der Waals surface area contributed by atoms with Crippen LogP contribution >= 0.6 is 0 Å². The van der Waals surface area contributed by atoms with E-state index in [1.165, 1.54) is 11.6 Å². The van der Waals surface area contributed by atoms with Crippen LogP contribution in [-0.4, -0.2) is 130 Å². The van der Waals surface area contributed by atoms with Crippen molar-refractivity contribution in [3.05, 3.63) is 53.3 Å². The maximum Gasteiger partial charge on any atom is 0.289 e. The van der Waals surface area contributed by atoms with Gasteiger partial charge in [-0.15, -0.1) is 10.2 Å². The van der Waals surface area contributed by atoms with Gasteiger partial charge < -0.3 is 25.3 Å². The topological polar surface area (TPSA) is 113 Å². The molecule has 0 saturated carbocycles. The van der Waals surface area contributed by atoms with Gasteiger partial charge in [0.25, 0.3) is 5.91 Å². The predicted octanol–water partition coefficient (Wildman–Crippen LogP) is 2.58.